The van der Waals surface area contributed by atoms with E-state index >= 15 is 0 Å². The van der Waals surface area contributed by atoms with E-state index in [9.17, 15) is 4.79 Å². The number of fused-ring (bicyclic) bond motifs is 1. The van der Waals surface area contributed by atoms with Gasteiger partial charge in [0.25, 0.3) is 0 Å². The standard InChI is InChI=1S/C17H20N2O2/c1-19(17(20)10-14-6-8-21-12-14)11-13-4-5-16-15(9-13)3-2-7-18-16/h2-5,7,9,14H,6,8,10-12H2,1H3/t14-/m0/s1. The highest BCUT2D eigenvalue weighted by atomic mass is 16.5. The van der Waals surface area contributed by atoms with Crippen LogP contribution in [0.3, 0.4) is 0 Å². The second-order valence-electron chi connectivity index (χ2n) is 5.71. The number of carbonyl (C=O) groups excluding carboxylic acids is 1. The van der Waals surface area contributed by atoms with Gasteiger partial charge in [0.1, 0.15) is 0 Å². The van der Waals surface area contributed by atoms with E-state index in [1.54, 1.807) is 11.1 Å². The normalized spacial score (nSPS) is 18.0. The van der Waals surface area contributed by atoms with Gasteiger partial charge in [0.05, 0.1) is 5.52 Å². The fourth-order valence-electron chi connectivity index (χ4n) is 2.73. The Morgan fingerprint density at radius 2 is 2.33 bits per heavy atom. The van der Waals surface area contributed by atoms with Gasteiger partial charge in [-0.25, -0.2) is 0 Å². The first-order chi connectivity index (χ1) is 10.2. The molecule has 1 amide bonds. The highest BCUT2D eigenvalue weighted by Crippen LogP contribution is 2.19. The van der Waals surface area contributed by atoms with Gasteiger partial charge < -0.3 is 9.64 Å². The fraction of sp³-hybridized carbons (Fsp3) is 0.412. The van der Waals surface area contributed by atoms with Gasteiger partial charge in [-0.05, 0) is 36.1 Å². The smallest absolute Gasteiger partial charge is 0.222 e. The minimum absolute atomic E-state index is 0.191. The molecule has 1 aliphatic rings. The summed E-state index contributed by atoms with van der Waals surface area (Å²) >= 11 is 0. The van der Waals surface area contributed by atoms with Crippen molar-refractivity contribution < 1.29 is 9.53 Å². The van der Waals surface area contributed by atoms with Gasteiger partial charge in [0.2, 0.25) is 5.91 Å². The molecule has 1 atom stereocenters. The van der Waals surface area contributed by atoms with E-state index in [0.29, 0.717) is 18.9 Å². The van der Waals surface area contributed by atoms with Crippen molar-refractivity contribution in [2.24, 2.45) is 5.92 Å². The summed E-state index contributed by atoms with van der Waals surface area (Å²) in [5, 5.41) is 1.11. The first-order valence-electron chi connectivity index (χ1n) is 7.38. The molecule has 0 aliphatic carbocycles. The van der Waals surface area contributed by atoms with Crippen LogP contribution in [0, 0.1) is 5.92 Å². The number of ether oxygens (including phenoxy) is 1. The maximum absolute atomic E-state index is 12.2. The number of hydrogen-bond donors (Lipinski definition) is 0. The van der Waals surface area contributed by atoms with Crippen molar-refractivity contribution in [3.63, 3.8) is 0 Å². The molecule has 0 unspecified atom stereocenters. The Morgan fingerprint density at radius 1 is 1.43 bits per heavy atom. The zero-order valence-electron chi connectivity index (χ0n) is 12.3. The first kappa shape index (κ1) is 14.0. The van der Waals surface area contributed by atoms with Gasteiger partial charge in [-0.2, -0.15) is 0 Å². The summed E-state index contributed by atoms with van der Waals surface area (Å²) in [5.41, 5.74) is 2.12. The first-order valence-corrected chi connectivity index (χ1v) is 7.38. The molecule has 1 aromatic carbocycles. The van der Waals surface area contributed by atoms with Gasteiger partial charge in [-0.1, -0.05) is 12.1 Å². The van der Waals surface area contributed by atoms with Gasteiger partial charge in [0.15, 0.2) is 0 Å². The van der Waals surface area contributed by atoms with Crippen LogP contribution in [-0.4, -0.2) is 36.1 Å². The third-order valence-electron chi connectivity index (χ3n) is 4.00. The Morgan fingerprint density at radius 3 is 3.14 bits per heavy atom. The molecule has 4 heteroatoms. The average molecular weight is 284 g/mol. The Bertz CT molecular complexity index is 635. The summed E-state index contributed by atoms with van der Waals surface area (Å²) in [6.45, 7) is 2.15. The number of benzene rings is 1. The molecule has 3 rings (SSSR count). The highest BCUT2D eigenvalue weighted by Gasteiger charge is 2.21. The van der Waals surface area contributed by atoms with Crippen LogP contribution in [0.25, 0.3) is 10.9 Å². The molecule has 4 nitrogen and oxygen atoms in total. The van der Waals surface area contributed by atoms with E-state index in [1.165, 1.54) is 0 Å². The van der Waals surface area contributed by atoms with Crippen molar-refractivity contribution in [3.05, 3.63) is 42.1 Å². The summed E-state index contributed by atoms with van der Waals surface area (Å²) in [4.78, 5) is 18.3. The minimum Gasteiger partial charge on any atom is -0.381 e. The number of nitrogens with zero attached hydrogens (tertiary/aromatic N) is 2. The van der Waals surface area contributed by atoms with E-state index in [-0.39, 0.29) is 5.91 Å². The third kappa shape index (κ3) is 3.39. The molecular weight excluding hydrogens is 264 g/mol. The molecule has 2 aromatic rings. The lowest BCUT2D eigenvalue weighted by Crippen LogP contribution is -2.28. The SMILES string of the molecule is CN(Cc1ccc2ncccc2c1)C(=O)C[C@@H]1CCOC1. The monoisotopic (exact) mass is 284 g/mol. The summed E-state index contributed by atoms with van der Waals surface area (Å²) in [6.07, 6.45) is 3.38. The fourth-order valence-corrected chi connectivity index (χ4v) is 2.73. The lowest BCUT2D eigenvalue weighted by atomic mass is 10.0. The number of hydrogen-bond acceptors (Lipinski definition) is 3. The molecule has 1 fully saturated rings. The predicted molar refractivity (Wildman–Crippen MR) is 81.8 cm³/mol. The van der Waals surface area contributed by atoms with Crippen molar-refractivity contribution in [3.8, 4) is 0 Å². The van der Waals surface area contributed by atoms with Crippen molar-refractivity contribution in [2.75, 3.05) is 20.3 Å². The molecule has 0 saturated carbocycles. The van der Waals surface area contributed by atoms with Gasteiger partial charge in [-0.3, -0.25) is 9.78 Å². The molecule has 21 heavy (non-hydrogen) atoms. The van der Waals surface area contributed by atoms with Crippen LogP contribution < -0.4 is 0 Å². The van der Waals surface area contributed by atoms with E-state index in [2.05, 4.69) is 11.1 Å². The summed E-state index contributed by atoms with van der Waals surface area (Å²) in [7, 11) is 1.87. The van der Waals surface area contributed by atoms with Gasteiger partial charge in [-0.15, -0.1) is 0 Å². The summed E-state index contributed by atoms with van der Waals surface area (Å²) in [5.74, 6) is 0.581. The molecule has 0 bridgehead atoms. The van der Waals surface area contributed by atoms with Crippen molar-refractivity contribution in [2.45, 2.75) is 19.4 Å². The maximum Gasteiger partial charge on any atom is 0.222 e. The zero-order chi connectivity index (χ0) is 14.7. The Hall–Kier alpha value is -1.94. The lowest BCUT2D eigenvalue weighted by molar-refractivity contribution is -0.131. The maximum atomic E-state index is 12.2. The Balaban J connectivity index is 1.64. The average Bonchev–Trinajstić information content (AvgIpc) is 3.00. The van der Waals surface area contributed by atoms with Gasteiger partial charge >= 0.3 is 0 Å². The quantitative estimate of drug-likeness (QED) is 0.866. The molecule has 0 spiro atoms. The number of carbonyl (C=O) groups is 1. The Labute approximate surface area is 124 Å². The zero-order valence-corrected chi connectivity index (χ0v) is 12.3. The van der Waals surface area contributed by atoms with Crippen LogP contribution in [0.15, 0.2) is 36.5 Å². The van der Waals surface area contributed by atoms with Crippen LogP contribution in [-0.2, 0) is 16.1 Å². The van der Waals surface area contributed by atoms with Crippen molar-refractivity contribution in [1.29, 1.82) is 0 Å². The second kappa shape index (κ2) is 6.22. The highest BCUT2D eigenvalue weighted by molar-refractivity contribution is 5.79. The van der Waals surface area contributed by atoms with E-state index in [0.717, 1.165) is 36.1 Å². The minimum atomic E-state index is 0.191. The van der Waals surface area contributed by atoms with Crippen LogP contribution in [0.4, 0.5) is 0 Å². The van der Waals surface area contributed by atoms with Crippen LogP contribution in [0.5, 0.6) is 0 Å². The molecule has 0 radical (unpaired) electrons. The number of aromatic nitrogens is 1. The molecule has 1 aliphatic heterocycles. The van der Waals surface area contributed by atoms with Crippen LogP contribution in [0.1, 0.15) is 18.4 Å². The largest absolute Gasteiger partial charge is 0.381 e. The molecular formula is C17H20N2O2. The molecule has 2 heterocycles. The van der Waals surface area contributed by atoms with Gasteiger partial charge in [0, 0.05) is 44.8 Å². The molecule has 1 aromatic heterocycles. The van der Waals surface area contributed by atoms with Crippen LogP contribution >= 0.6 is 0 Å². The molecule has 0 N–H and O–H groups in total. The van der Waals surface area contributed by atoms with Crippen molar-refractivity contribution >= 4 is 16.8 Å². The van der Waals surface area contributed by atoms with E-state index in [4.69, 9.17) is 4.74 Å². The molecule has 110 valence electrons. The number of amides is 1. The van der Waals surface area contributed by atoms with E-state index < -0.39 is 0 Å². The summed E-state index contributed by atoms with van der Waals surface area (Å²) in [6, 6.07) is 10.1. The van der Waals surface area contributed by atoms with Crippen molar-refractivity contribution in [1.82, 2.24) is 9.88 Å². The van der Waals surface area contributed by atoms with Crippen LogP contribution in [0.2, 0.25) is 0 Å². The number of pyridine rings is 1. The number of rotatable bonds is 4. The molecule has 1 saturated heterocycles. The van der Waals surface area contributed by atoms with E-state index in [1.807, 2.05) is 31.3 Å². The Kier molecular flexibility index (Phi) is 4.15. The lowest BCUT2D eigenvalue weighted by Gasteiger charge is -2.19. The third-order valence-corrected chi connectivity index (χ3v) is 4.00. The predicted octanol–water partition coefficient (Wildman–Crippen LogP) is 2.62. The topological polar surface area (TPSA) is 42.4 Å². The summed E-state index contributed by atoms with van der Waals surface area (Å²) < 4.78 is 5.33. The second-order valence-corrected chi connectivity index (χ2v) is 5.71.